The maximum Gasteiger partial charge on any atom is 0.251 e. The molecule has 2 amide bonds. The van der Waals surface area contributed by atoms with Gasteiger partial charge in [-0.15, -0.1) is 0 Å². The second kappa shape index (κ2) is 7.65. The molecule has 2 aromatic carbocycles. The molecule has 132 valence electrons. The van der Waals surface area contributed by atoms with Crippen LogP contribution in [0.3, 0.4) is 0 Å². The number of carbonyl (C=O) groups excluding carboxylic acids is 2. The summed E-state index contributed by atoms with van der Waals surface area (Å²) in [5.74, 6) is -1.40. The smallest absolute Gasteiger partial charge is 0.251 e. The van der Waals surface area contributed by atoms with Gasteiger partial charge in [0.15, 0.2) is 0 Å². The van der Waals surface area contributed by atoms with Crippen LogP contribution in [-0.2, 0) is 4.79 Å². The van der Waals surface area contributed by atoms with E-state index in [2.05, 4.69) is 10.6 Å². The molecule has 1 atom stereocenters. The van der Waals surface area contributed by atoms with Gasteiger partial charge in [0.05, 0.1) is 5.69 Å². The highest BCUT2D eigenvalue weighted by atomic mass is 19.1. The third-order valence-corrected chi connectivity index (χ3v) is 3.90. The fourth-order valence-electron chi connectivity index (χ4n) is 2.44. The number of hydrogen-bond acceptors (Lipinski definition) is 2. The molecule has 6 heteroatoms. The van der Waals surface area contributed by atoms with E-state index in [9.17, 15) is 14.0 Å². The summed E-state index contributed by atoms with van der Waals surface area (Å²) in [6, 6.07) is 15.9. The average molecular weight is 351 g/mol. The van der Waals surface area contributed by atoms with Crippen molar-refractivity contribution in [2.75, 3.05) is 5.32 Å². The summed E-state index contributed by atoms with van der Waals surface area (Å²) in [6.07, 6.45) is 3.81. The molecule has 0 bridgehead atoms. The number of rotatable bonds is 5. The fourth-order valence-corrected chi connectivity index (χ4v) is 2.44. The summed E-state index contributed by atoms with van der Waals surface area (Å²) in [7, 11) is 0. The molecule has 0 aliphatic rings. The first-order chi connectivity index (χ1) is 12.5. The maximum atomic E-state index is 13.6. The zero-order valence-corrected chi connectivity index (χ0v) is 14.1. The Bertz CT molecular complexity index is 905. The van der Waals surface area contributed by atoms with Gasteiger partial charge in [-0.1, -0.05) is 12.1 Å². The minimum absolute atomic E-state index is 0.0784. The molecule has 3 aromatic rings. The third kappa shape index (κ3) is 3.97. The van der Waals surface area contributed by atoms with Gasteiger partial charge in [0, 0.05) is 23.6 Å². The van der Waals surface area contributed by atoms with Crippen LogP contribution < -0.4 is 10.6 Å². The SMILES string of the molecule is CC(NC(=O)c1ccc(-n2cccc2)cc1)C(=O)Nc1ccccc1F. The highest BCUT2D eigenvalue weighted by Gasteiger charge is 2.17. The van der Waals surface area contributed by atoms with Crippen LogP contribution in [0.15, 0.2) is 73.1 Å². The van der Waals surface area contributed by atoms with Crippen LogP contribution >= 0.6 is 0 Å². The van der Waals surface area contributed by atoms with E-state index in [1.165, 1.54) is 18.2 Å². The zero-order chi connectivity index (χ0) is 18.5. The molecule has 0 fully saturated rings. The summed E-state index contributed by atoms with van der Waals surface area (Å²) >= 11 is 0. The number of halogens is 1. The van der Waals surface area contributed by atoms with Gasteiger partial charge in [-0.25, -0.2) is 4.39 Å². The second-order valence-corrected chi connectivity index (χ2v) is 5.80. The van der Waals surface area contributed by atoms with Gasteiger partial charge in [0.1, 0.15) is 11.9 Å². The van der Waals surface area contributed by atoms with Crippen LogP contribution in [-0.4, -0.2) is 22.4 Å². The number of hydrogen-bond donors (Lipinski definition) is 2. The predicted octanol–water partition coefficient (Wildman–Crippen LogP) is 3.37. The topological polar surface area (TPSA) is 63.1 Å². The van der Waals surface area contributed by atoms with Crippen molar-refractivity contribution in [3.8, 4) is 5.69 Å². The number of nitrogens with zero attached hydrogens (tertiary/aromatic N) is 1. The van der Waals surface area contributed by atoms with Gasteiger partial charge in [-0.05, 0) is 55.5 Å². The van der Waals surface area contributed by atoms with E-state index in [1.54, 1.807) is 25.1 Å². The second-order valence-electron chi connectivity index (χ2n) is 5.80. The molecule has 0 saturated heterocycles. The Labute approximate surface area is 150 Å². The molecular formula is C20H18FN3O2. The maximum absolute atomic E-state index is 13.6. The third-order valence-electron chi connectivity index (χ3n) is 3.90. The van der Waals surface area contributed by atoms with E-state index in [4.69, 9.17) is 0 Å². The minimum atomic E-state index is -0.814. The van der Waals surface area contributed by atoms with Crippen molar-refractivity contribution in [3.05, 3.63) is 84.4 Å². The van der Waals surface area contributed by atoms with Crippen LogP contribution in [0.5, 0.6) is 0 Å². The molecule has 5 nitrogen and oxygen atoms in total. The average Bonchev–Trinajstić information content (AvgIpc) is 3.18. The summed E-state index contributed by atoms with van der Waals surface area (Å²) < 4.78 is 15.5. The normalized spacial score (nSPS) is 11.6. The van der Waals surface area contributed by atoms with Gasteiger partial charge >= 0.3 is 0 Å². The molecule has 0 radical (unpaired) electrons. The van der Waals surface area contributed by atoms with E-state index in [0.29, 0.717) is 5.56 Å². The number of anilines is 1. The number of nitrogens with one attached hydrogen (secondary N) is 2. The van der Waals surface area contributed by atoms with Crippen molar-refractivity contribution < 1.29 is 14.0 Å². The lowest BCUT2D eigenvalue weighted by Crippen LogP contribution is -2.41. The Balaban J connectivity index is 1.61. The van der Waals surface area contributed by atoms with Gasteiger partial charge in [0.25, 0.3) is 5.91 Å². The number of amides is 2. The molecular weight excluding hydrogens is 333 g/mol. The van der Waals surface area contributed by atoms with Gasteiger partial charge in [-0.2, -0.15) is 0 Å². The minimum Gasteiger partial charge on any atom is -0.341 e. The Morgan fingerprint density at radius 2 is 1.62 bits per heavy atom. The van der Waals surface area contributed by atoms with Gasteiger partial charge in [0.2, 0.25) is 5.91 Å². The van der Waals surface area contributed by atoms with E-state index >= 15 is 0 Å². The largest absolute Gasteiger partial charge is 0.341 e. The molecule has 3 rings (SSSR count). The quantitative estimate of drug-likeness (QED) is 0.740. The van der Waals surface area contributed by atoms with Gasteiger partial charge < -0.3 is 15.2 Å². The highest BCUT2D eigenvalue weighted by Crippen LogP contribution is 2.13. The lowest BCUT2D eigenvalue weighted by molar-refractivity contribution is -0.117. The highest BCUT2D eigenvalue weighted by molar-refractivity contribution is 6.01. The monoisotopic (exact) mass is 351 g/mol. The van der Waals surface area contributed by atoms with Crippen molar-refractivity contribution >= 4 is 17.5 Å². The number of para-hydroxylation sites is 1. The summed E-state index contributed by atoms with van der Waals surface area (Å²) in [6.45, 7) is 1.54. The van der Waals surface area contributed by atoms with Gasteiger partial charge in [-0.3, -0.25) is 9.59 Å². The molecule has 2 N–H and O–H groups in total. The predicted molar refractivity (Wildman–Crippen MR) is 97.7 cm³/mol. The Kier molecular flexibility index (Phi) is 5.12. The molecule has 1 aromatic heterocycles. The molecule has 1 heterocycles. The number of carbonyl (C=O) groups is 2. The van der Waals surface area contributed by atoms with Crippen LogP contribution in [0.25, 0.3) is 5.69 Å². The Morgan fingerprint density at radius 1 is 0.962 bits per heavy atom. The van der Waals surface area contributed by atoms with Crippen LogP contribution in [0, 0.1) is 5.82 Å². The molecule has 1 unspecified atom stereocenters. The molecule has 0 aliphatic carbocycles. The fraction of sp³-hybridized carbons (Fsp3) is 0.100. The first-order valence-corrected chi connectivity index (χ1v) is 8.14. The van der Waals surface area contributed by atoms with E-state index in [1.807, 2.05) is 41.2 Å². The van der Waals surface area contributed by atoms with E-state index in [0.717, 1.165) is 5.69 Å². The lowest BCUT2D eigenvalue weighted by atomic mass is 10.1. The van der Waals surface area contributed by atoms with E-state index in [-0.39, 0.29) is 11.6 Å². The summed E-state index contributed by atoms with van der Waals surface area (Å²) in [5.41, 5.74) is 1.44. The standard InChI is InChI=1S/C20H18FN3O2/c1-14(19(25)23-18-7-3-2-6-17(18)21)22-20(26)15-8-10-16(11-9-15)24-12-4-5-13-24/h2-14H,1H3,(H,22,26)(H,23,25). The van der Waals surface area contributed by atoms with Crippen molar-refractivity contribution in [3.63, 3.8) is 0 Å². The van der Waals surface area contributed by atoms with Crippen LogP contribution in [0.2, 0.25) is 0 Å². The van der Waals surface area contributed by atoms with Crippen molar-refractivity contribution in [1.29, 1.82) is 0 Å². The Hall–Kier alpha value is -3.41. The first kappa shape index (κ1) is 17.4. The van der Waals surface area contributed by atoms with E-state index < -0.39 is 17.8 Å². The van der Waals surface area contributed by atoms with Crippen molar-refractivity contribution in [2.45, 2.75) is 13.0 Å². The van der Waals surface area contributed by atoms with Crippen molar-refractivity contribution in [1.82, 2.24) is 9.88 Å². The zero-order valence-electron chi connectivity index (χ0n) is 14.1. The number of benzene rings is 2. The molecule has 26 heavy (non-hydrogen) atoms. The van der Waals surface area contributed by atoms with Crippen LogP contribution in [0.4, 0.5) is 10.1 Å². The van der Waals surface area contributed by atoms with Crippen LogP contribution in [0.1, 0.15) is 17.3 Å². The molecule has 0 spiro atoms. The lowest BCUT2D eigenvalue weighted by Gasteiger charge is -2.15. The summed E-state index contributed by atoms with van der Waals surface area (Å²) in [4.78, 5) is 24.4. The molecule has 0 saturated carbocycles. The Morgan fingerprint density at radius 3 is 2.27 bits per heavy atom. The number of aromatic nitrogens is 1. The molecule has 0 aliphatic heterocycles. The van der Waals surface area contributed by atoms with Crippen molar-refractivity contribution in [2.24, 2.45) is 0 Å². The summed E-state index contributed by atoms with van der Waals surface area (Å²) in [5, 5.41) is 5.07. The first-order valence-electron chi connectivity index (χ1n) is 8.14.